The van der Waals surface area contributed by atoms with E-state index in [1.807, 2.05) is 50.4 Å². The molecule has 10 heteroatoms. The zero-order valence-corrected chi connectivity index (χ0v) is 22.7. The number of amides is 1. The zero-order chi connectivity index (χ0) is 26.1. The van der Waals surface area contributed by atoms with Gasteiger partial charge in [-0.2, -0.15) is 0 Å². The molecule has 0 aliphatic heterocycles. The van der Waals surface area contributed by atoms with Crippen LogP contribution in [0.25, 0.3) is 21.3 Å². The normalized spacial score (nSPS) is 11.3. The van der Waals surface area contributed by atoms with Gasteiger partial charge in [0.1, 0.15) is 21.2 Å². The highest BCUT2D eigenvalue weighted by atomic mass is 32.1. The van der Waals surface area contributed by atoms with Crippen LogP contribution in [0.15, 0.2) is 28.4 Å². The van der Waals surface area contributed by atoms with Gasteiger partial charge < -0.3 is 19.9 Å². The molecule has 1 amide bonds. The number of aromatic nitrogens is 2. The van der Waals surface area contributed by atoms with Gasteiger partial charge in [-0.3, -0.25) is 9.59 Å². The van der Waals surface area contributed by atoms with Gasteiger partial charge >= 0.3 is 5.97 Å². The van der Waals surface area contributed by atoms with Crippen molar-refractivity contribution in [2.75, 3.05) is 26.0 Å². The molecule has 0 aliphatic rings. The van der Waals surface area contributed by atoms with Crippen molar-refractivity contribution in [1.29, 1.82) is 0 Å². The molecule has 0 bridgehead atoms. The van der Waals surface area contributed by atoms with Crippen molar-refractivity contribution in [3.8, 4) is 11.1 Å². The van der Waals surface area contributed by atoms with Crippen molar-refractivity contribution in [2.45, 2.75) is 34.2 Å². The average Bonchev–Trinajstić information content (AvgIpc) is 3.34. The van der Waals surface area contributed by atoms with E-state index in [2.05, 4.69) is 21.4 Å². The van der Waals surface area contributed by atoms with Gasteiger partial charge in [0.2, 0.25) is 0 Å². The van der Waals surface area contributed by atoms with E-state index in [-0.39, 0.29) is 12.2 Å². The lowest BCUT2D eigenvalue weighted by Crippen LogP contribution is -2.18. The number of hydrogen-bond acceptors (Lipinski definition) is 8. The molecule has 0 saturated carbocycles. The summed E-state index contributed by atoms with van der Waals surface area (Å²) in [6, 6.07) is 6.01. The molecular formula is C26H28N4O4S2. The van der Waals surface area contributed by atoms with Gasteiger partial charge in [0.25, 0.3) is 11.5 Å². The first kappa shape index (κ1) is 25.7. The molecule has 4 rings (SSSR count). The molecule has 3 heterocycles. The molecule has 0 atom stereocenters. The van der Waals surface area contributed by atoms with Crippen molar-refractivity contribution in [2.24, 2.45) is 0 Å². The van der Waals surface area contributed by atoms with Crippen LogP contribution < -0.4 is 10.9 Å². The van der Waals surface area contributed by atoms with Crippen LogP contribution in [-0.4, -0.2) is 47.4 Å². The Labute approximate surface area is 217 Å². The Hall–Kier alpha value is -3.34. The highest BCUT2D eigenvalue weighted by Gasteiger charge is 2.26. The summed E-state index contributed by atoms with van der Waals surface area (Å²) in [5.41, 5.74) is 4.37. The second-order valence-electron chi connectivity index (χ2n) is 8.83. The van der Waals surface area contributed by atoms with Gasteiger partial charge in [-0.1, -0.05) is 23.8 Å². The predicted molar refractivity (Wildman–Crippen MR) is 146 cm³/mol. The number of benzene rings is 1. The highest BCUT2D eigenvalue weighted by Crippen LogP contribution is 2.38. The summed E-state index contributed by atoms with van der Waals surface area (Å²) in [7, 11) is 3.77. The number of nitrogens with zero attached hydrogens (tertiary/aromatic N) is 2. The van der Waals surface area contributed by atoms with E-state index < -0.39 is 11.9 Å². The van der Waals surface area contributed by atoms with Gasteiger partial charge in [-0.05, 0) is 58.5 Å². The summed E-state index contributed by atoms with van der Waals surface area (Å²) < 4.78 is 5.33. The number of rotatable bonds is 7. The van der Waals surface area contributed by atoms with Crippen molar-refractivity contribution >= 4 is 49.8 Å². The Morgan fingerprint density at radius 1 is 1.17 bits per heavy atom. The Bertz CT molecular complexity index is 1530. The third-order valence-electron chi connectivity index (χ3n) is 5.69. The fourth-order valence-corrected chi connectivity index (χ4v) is 6.15. The maximum atomic E-state index is 13.4. The number of hydrogen-bond donors (Lipinski definition) is 2. The van der Waals surface area contributed by atoms with E-state index in [4.69, 9.17) is 4.74 Å². The van der Waals surface area contributed by atoms with Crippen LogP contribution in [0.5, 0.6) is 0 Å². The maximum absolute atomic E-state index is 13.4. The van der Waals surface area contributed by atoms with Gasteiger partial charge in [0, 0.05) is 10.9 Å². The van der Waals surface area contributed by atoms with E-state index in [1.54, 1.807) is 13.8 Å². The Morgan fingerprint density at radius 3 is 2.58 bits per heavy atom. The van der Waals surface area contributed by atoms with Crippen LogP contribution >= 0.6 is 22.7 Å². The van der Waals surface area contributed by atoms with E-state index in [9.17, 15) is 14.4 Å². The van der Waals surface area contributed by atoms with Crippen LogP contribution in [0.2, 0.25) is 0 Å². The lowest BCUT2D eigenvalue weighted by molar-refractivity contribution is 0.0529. The minimum Gasteiger partial charge on any atom is -0.462 e. The number of anilines is 1. The van der Waals surface area contributed by atoms with E-state index >= 15 is 0 Å². The second kappa shape index (κ2) is 10.3. The molecule has 2 N–H and O–H groups in total. The first-order valence-corrected chi connectivity index (χ1v) is 13.1. The molecule has 0 saturated heterocycles. The Balaban J connectivity index is 1.74. The zero-order valence-electron chi connectivity index (χ0n) is 21.1. The van der Waals surface area contributed by atoms with E-state index in [0.717, 1.165) is 16.7 Å². The molecule has 3 aromatic heterocycles. The van der Waals surface area contributed by atoms with E-state index in [1.165, 1.54) is 22.7 Å². The molecule has 0 radical (unpaired) electrons. The topological polar surface area (TPSA) is 104 Å². The van der Waals surface area contributed by atoms with Crippen LogP contribution in [0.1, 0.15) is 49.5 Å². The van der Waals surface area contributed by atoms with Crippen molar-refractivity contribution in [3.05, 3.63) is 66.9 Å². The number of carbonyl (C=O) groups excluding carboxylic acids is 2. The molecule has 0 spiro atoms. The van der Waals surface area contributed by atoms with Crippen molar-refractivity contribution in [1.82, 2.24) is 14.9 Å². The largest absolute Gasteiger partial charge is 0.462 e. The summed E-state index contributed by atoms with van der Waals surface area (Å²) in [6.07, 6.45) is 0. The SMILES string of the molecule is CCOC(=O)c1c(-c2ccc(C)cc2C)csc1NC(=O)c1sc2nc(CN(C)C)[nH]c(=O)c2c1C. The van der Waals surface area contributed by atoms with Gasteiger partial charge in [0.15, 0.2) is 0 Å². The first-order chi connectivity index (χ1) is 17.1. The molecule has 0 aliphatic carbocycles. The predicted octanol–water partition coefficient (Wildman–Crippen LogP) is 5.13. The number of thiophene rings is 2. The number of fused-ring (bicyclic) bond motifs is 1. The lowest BCUT2D eigenvalue weighted by atomic mass is 9.97. The first-order valence-electron chi connectivity index (χ1n) is 11.4. The van der Waals surface area contributed by atoms with Crippen molar-refractivity contribution < 1.29 is 14.3 Å². The number of H-pyrrole nitrogens is 1. The monoisotopic (exact) mass is 524 g/mol. The summed E-state index contributed by atoms with van der Waals surface area (Å²) in [5.74, 6) is -0.362. The van der Waals surface area contributed by atoms with Gasteiger partial charge in [0.05, 0.1) is 23.4 Å². The maximum Gasteiger partial charge on any atom is 0.341 e. The quantitative estimate of drug-likeness (QED) is 0.325. The minimum atomic E-state index is -0.497. The standard InChI is InChI=1S/C26H28N4O4S2/c1-7-34-26(33)20-17(16-9-8-13(2)10-14(16)3)12-35-24(20)29-23(32)21-15(4)19-22(31)27-18(11-30(5)6)28-25(19)36-21/h8-10,12H,7,11H2,1-6H3,(H,29,32)(H,27,28,31). The number of carbonyl (C=O) groups is 2. The summed E-state index contributed by atoms with van der Waals surface area (Å²) in [5, 5.41) is 5.56. The smallest absolute Gasteiger partial charge is 0.341 e. The molecule has 1 aromatic carbocycles. The number of esters is 1. The third-order valence-corrected chi connectivity index (χ3v) is 7.77. The summed E-state index contributed by atoms with van der Waals surface area (Å²) in [6.45, 7) is 8.17. The molecule has 0 fully saturated rings. The number of aromatic amines is 1. The Morgan fingerprint density at radius 2 is 1.92 bits per heavy atom. The summed E-state index contributed by atoms with van der Waals surface area (Å²) in [4.78, 5) is 49.2. The van der Waals surface area contributed by atoms with Gasteiger partial charge in [-0.15, -0.1) is 22.7 Å². The van der Waals surface area contributed by atoms with Gasteiger partial charge in [-0.25, -0.2) is 9.78 Å². The third kappa shape index (κ3) is 4.97. The molecule has 36 heavy (non-hydrogen) atoms. The number of ether oxygens (including phenoxy) is 1. The molecule has 8 nitrogen and oxygen atoms in total. The average molecular weight is 525 g/mol. The fourth-order valence-electron chi connectivity index (χ4n) is 4.11. The van der Waals surface area contributed by atoms with Crippen LogP contribution in [0.3, 0.4) is 0 Å². The molecule has 188 valence electrons. The molecule has 4 aromatic rings. The fraction of sp³-hybridized carbons (Fsp3) is 0.308. The summed E-state index contributed by atoms with van der Waals surface area (Å²) >= 11 is 2.43. The number of aryl methyl sites for hydroxylation is 3. The van der Waals surface area contributed by atoms with Crippen LogP contribution in [0.4, 0.5) is 5.00 Å². The highest BCUT2D eigenvalue weighted by molar-refractivity contribution is 7.21. The van der Waals surface area contributed by atoms with Crippen LogP contribution in [0, 0.1) is 20.8 Å². The van der Waals surface area contributed by atoms with Crippen LogP contribution in [-0.2, 0) is 11.3 Å². The molecule has 0 unspecified atom stereocenters. The minimum absolute atomic E-state index is 0.216. The van der Waals surface area contributed by atoms with Crippen molar-refractivity contribution in [3.63, 3.8) is 0 Å². The lowest BCUT2D eigenvalue weighted by Gasteiger charge is -2.10. The molecular weight excluding hydrogens is 496 g/mol. The second-order valence-corrected chi connectivity index (χ2v) is 10.7. The Kier molecular flexibility index (Phi) is 7.39. The van der Waals surface area contributed by atoms with E-state index in [0.29, 0.717) is 49.2 Å². The number of nitrogens with one attached hydrogen (secondary N) is 2.